The molecule has 1 aromatic heterocycles. The Bertz CT molecular complexity index is 1410. The number of aliphatic hydroxyl groups is 1. The third kappa shape index (κ3) is 4.78. The van der Waals surface area contributed by atoms with E-state index in [0.717, 1.165) is 22.3 Å². The van der Waals surface area contributed by atoms with Gasteiger partial charge in [-0.05, 0) is 36.4 Å². The minimum atomic E-state index is -0.507. The highest BCUT2D eigenvalue weighted by molar-refractivity contribution is 6.30. The van der Waals surface area contributed by atoms with Crippen LogP contribution in [0.15, 0.2) is 78.9 Å². The van der Waals surface area contributed by atoms with Gasteiger partial charge in [0.05, 0.1) is 17.7 Å². The average molecular weight is 514 g/mol. The van der Waals surface area contributed by atoms with E-state index >= 15 is 0 Å². The fourth-order valence-electron chi connectivity index (χ4n) is 5.35. The number of fused-ring (bicyclic) bond motifs is 1. The van der Waals surface area contributed by atoms with Gasteiger partial charge in [-0.1, -0.05) is 54.1 Å². The van der Waals surface area contributed by atoms with Crippen molar-refractivity contribution in [1.29, 1.82) is 0 Å². The van der Waals surface area contributed by atoms with E-state index in [4.69, 9.17) is 21.6 Å². The zero-order chi connectivity index (χ0) is 25.4. The molecule has 0 saturated carbocycles. The summed E-state index contributed by atoms with van der Waals surface area (Å²) >= 11 is 5.97. The summed E-state index contributed by atoms with van der Waals surface area (Å²) in [7, 11) is 0. The molecular formula is C29H28ClN5O2. The highest BCUT2D eigenvalue weighted by atomic mass is 35.5. The fraction of sp³-hybridized carbons (Fsp3) is 0.276. The molecule has 1 N–H and O–H groups in total. The smallest absolute Gasteiger partial charge is 0.253 e. The lowest BCUT2D eigenvalue weighted by Crippen LogP contribution is -2.54. The number of carbonyl (C=O) groups excluding carboxylic acids is 1. The molecule has 2 saturated heterocycles. The molecule has 7 nitrogen and oxygen atoms in total. The number of hydrogen-bond donors (Lipinski definition) is 1. The predicted octanol–water partition coefficient (Wildman–Crippen LogP) is 3.96. The zero-order valence-corrected chi connectivity index (χ0v) is 21.1. The molecule has 0 unspecified atom stereocenters. The standard InChI is InChI=1S/C29H28ClN5O2/c30-22-12-10-21(11-13-22)29(37)34-16-14-33(15-17-34)25-18-35(19-26(25)36)28-23-8-4-5-9-24(23)31-27(32-28)20-6-2-1-3-7-20/h1-13,25-26,36H,14-19H2/t25-,26-/m1/s1. The normalized spacial score (nSPS) is 20.5. The van der Waals surface area contributed by atoms with Crippen LogP contribution in [0.2, 0.25) is 5.02 Å². The molecule has 188 valence electrons. The minimum absolute atomic E-state index is 0.0193. The lowest BCUT2D eigenvalue weighted by Gasteiger charge is -2.38. The third-order valence-electron chi connectivity index (χ3n) is 7.34. The lowest BCUT2D eigenvalue weighted by molar-refractivity contribution is 0.0376. The van der Waals surface area contributed by atoms with Gasteiger partial charge in [-0.2, -0.15) is 0 Å². The average Bonchev–Trinajstić information content (AvgIpc) is 3.34. The van der Waals surface area contributed by atoms with Crippen molar-refractivity contribution in [2.24, 2.45) is 0 Å². The van der Waals surface area contributed by atoms with Crippen molar-refractivity contribution in [3.05, 3.63) is 89.4 Å². The van der Waals surface area contributed by atoms with Crippen LogP contribution in [0.4, 0.5) is 5.82 Å². The van der Waals surface area contributed by atoms with Gasteiger partial charge in [0.1, 0.15) is 5.82 Å². The molecule has 2 atom stereocenters. The van der Waals surface area contributed by atoms with E-state index in [1.165, 1.54) is 0 Å². The minimum Gasteiger partial charge on any atom is -0.390 e. The molecule has 0 bridgehead atoms. The maximum atomic E-state index is 12.9. The second-order valence-electron chi connectivity index (χ2n) is 9.63. The topological polar surface area (TPSA) is 72.8 Å². The van der Waals surface area contributed by atoms with Crippen molar-refractivity contribution in [1.82, 2.24) is 19.8 Å². The quantitative estimate of drug-likeness (QED) is 0.445. The van der Waals surface area contributed by atoms with Crippen molar-refractivity contribution < 1.29 is 9.90 Å². The number of rotatable bonds is 4. The van der Waals surface area contributed by atoms with Crippen molar-refractivity contribution in [2.45, 2.75) is 12.1 Å². The predicted molar refractivity (Wildman–Crippen MR) is 146 cm³/mol. The van der Waals surface area contributed by atoms with E-state index in [0.29, 0.717) is 55.7 Å². The Kier molecular flexibility index (Phi) is 6.50. The number of aromatic nitrogens is 2. The molecule has 2 aliphatic rings. The maximum Gasteiger partial charge on any atom is 0.253 e. The number of nitrogens with zero attached hydrogens (tertiary/aromatic N) is 5. The molecule has 0 radical (unpaired) electrons. The Labute approximate surface area is 220 Å². The summed E-state index contributed by atoms with van der Waals surface area (Å²) in [5.74, 6) is 1.55. The van der Waals surface area contributed by atoms with E-state index in [1.807, 2.05) is 59.5 Å². The first-order valence-electron chi connectivity index (χ1n) is 12.6. The molecule has 0 spiro atoms. The molecule has 2 fully saturated rings. The highest BCUT2D eigenvalue weighted by Crippen LogP contribution is 2.31. The van der Waals surface area contributed by atoms with Crippen LogP contribution in [-0.4, -0.2) is 82.2 Å². The van der Waals surface area contributed by atoms with Gasteiger partial charge in [0.2, 0.25) is 0 Å². The summed E-state index contributed by atoms with van der Waals surface area (Å²) in [5, 5.41) is 12.7. The van der Waals surface area contributed by atoms with Gasteiger partial charge in [0, 0.05) is 60.8 Å². The number of β-amino-alcohol motifs (C(OH)–C–C–N with tert-alkyl or cyclic N) is 1. The first kappa shape index (κ1) is 23.9. The molecule has 1 amide bonds. The Morgan fingerprint density at radius 3 is 2.30 bits per heavy atom. The first-order chi connectivity index (χ1) is 18.1. The summed E-state index contributed by atoms with van der Waals surface area (Å²) in [6, 6.07) is 25.0. The SMILES string of the molecule is O=C(c1ccc(Cl)cc1)N1CCN([C@@H]2CN(c3nc(-c4ccccc4)nc4ccccc34)C[C@H]2O)CC1. The van der Waals surface area contributed by atoms with Crippen molar-refractivity contribution in [3.63, 3.8) is 0 Å². The number of anilines is 1. The zero-order valence-electron chi connectivity index (χ0n) is 20.4. The first-order valence-corrected chi connectivity index (χ1v) is 13.0. The second kappa shape index (κ2) is 10.1. The summed E-state index contributed by atoms with van der Waals surface area (Å²) in [4.78, 5) is 29.0. The largest absolute Gasteiger partial charge is 0.390 e. The van der Waals surface area contributed by atoms with Crippen LogP contribution in [0, 0.1) is 0 Å². The monoisotopic (exact) mass is 513 g/mol. The molecule has 3 heterocycles. The van der Waals surface area contributed by atoms with Crippen molar-refractivity contribution in [3.8, 4) is 11.4 Å². The van der Waals surface area contributed by atoms with E-state index in [9.17, 15) is 9.90 Å². The Balaban J connectivity index is 1.19. The van der Waals surface area contributed by atoms with E-state index in [1.54, 1.807) is 24.3 Å². The lowest BCUT2D eigenvalue weighted by atomic mass is 10.1. The van der Waals surface area contributed by atoms with E-state index < -0.39 is 6.10 Å². The number of amides is 1. The van der Waals surface area contributed by atoms with E-state index in [-0.39, 0.29) is 11.9 Å². The molecule has 3 aromatic carbocycles. The number of carbonyl (C=O) groups is 1. The van der Waals surface area contributed by atoms with Crippen LogP contribution < -0.4 is 4.90 Å². The summed E-state index contributed by atoms with van der Waals surface area (Å²) in [5.41, 5.74) is 2.50. The van der Waals surface area contributed by atoms with Crippen LogP contribution in [0.3, 0.4) is 0 Å². The Hall–Kier alpha value is -3.52. The van der Waals surface area contributed by atoms with Gasteiger partial charge in [0.25, 0.3) is 5.91 Å². The third-order valence-corrected chi connectivity index (χ3v) is 7.59. The van der Waals surface area contributed by atoms with Gasteiger partial charge in [-0.15, -0.1) is 0 Å². The van der Waals surface area contributed by atoms with Crippen LogP contribution in [0.5, 0.6) is 0 Å². The van der Waals surface area contributed by atoms with Gasteiger partial charge in [-0.3, -0.25) is 9.69 Å². The van der Waals surface area contributed by atoms with Gasteiger partial charge >= 0.3 is 0 Å². The van der Waals surface area contributed by atoms with Crippen molar-refractivity contribution in [2.75, 3.05) is 44.2 Å². The van der Waals surface area contributed by atoms with Gasteiger partial charge < -0.3 is 14.9 Å². The fourth-order valence-corrected chi connectivity index (χ4v) is 5.48. The number of benzene rings is 3. The summed E-state index contributed by atoms with van der Waals surface area (Å²) < 4.78 is 0. The molecule has 8 heteroatoms. The number of piperazine rings is 1. The number of hydrogen-bond acceptors (Lipinski definition) is 6. The van der Waals surface area contributed by atoms with Crippen LogP contribution in [0.25, 0.3) is 22.3 Å². The number of aliphatic hydroxyl groups excluding tert-OH is 1. The number of para-hydroxylation sites is 1. The Morgan fingerprint density at radius 1 is 0.838 bits per heavy atom. The Morgan fingerprint density at radius 2 is 1.54 bits per heavy atom. The maximum absolute atomic E-state index is 12.9. The van der Waals surface area contributed by atoms with Crippen LogP contribution in [-0.2, 0) is 0 Å². The molecule has 0 aliphatic carbocycles. The van der Waals surface area contributed by atoms with Gasteiger partial charge in [0.15, 0.2) is 5.82 Å². The summed E-state index contributed by atoms with van der Waals surface area (Å²) in [6.07, 6.45) is -0.507. The van der Waals surface area contributed by atoms with Gasteiger partial charge in [-0.25, -0.2) is 9.97 Å². The molecular weight excluding hydrogens is 486 g/mol. The van der Waals surface area contributed by atoms with Crippen LogP contribution >= 0.6 is 11.6 Å². The second-order valence-corrected chi connectivity index (χ2v) is 10.1. The number of halogens is 1. The summed E-state index contributed by atoms with van der Waals surface area (Å²) in [6.45, 7) is 3.85. The molecule has 4 aromatic rings. The molecule has 6 rings (SSSR count). The van der Waals surface area contributed by atoms with E-state index in [2.05, 4.69) is 9.80 Å². The molecule has 37 heavy (non-hydrogen) atoms. The highest BCUT2D eigenvalue weighted by Gasteiger charge is 2.38. The molecule has 2 aliphatic heterocycles. The van der Waals surface area contributed by atoms with Crippen molar-refractivity contribution >= 4 is 34.2 Å². The van der Waals surface area contributed by atoms with Crippen LogP contribution in [0.1, 0.15) is 10.4 Å².